The van der Waals surface area contributed by atoms with Gasteiger partial charge in [-0.2, -0.15) is 0 Å². The zero-order chi connectivity index (χ0) is 9.42. The van der Waals surface area contributed by atoms with Crippen molar-refractivity contribution in [2.45, 2.75) is 26.2 Å². The Morgan fingerprint density at radius 1 is 1.46 bits per heavy atom. The van der Waals surface area contributed by atoms with E-state index in [0.717, 1.165) is 24.2 Å². The van der Waals surface area contributed by atoms with Gasteiger partial charge in [-0.3, -0.25) is 9.78 Å². The van der Waals surface area contributed by atoms with E-state index in [9.17, 15) is 4.79 Å². The first-order valence-corrected chi connectivity index (χ1v) is 4.75. The van der Waals surface area contributed by atoms with Crippen LogP contribution in [0.2, 0.25) is 5.02 Å². The fourth-order valence-corrected chi connectivity index (χ4v) is 2.08. The first kappa shape index (κ1) is 8.70. The summed E-state index contributed by atoms with van der Waals surface area (Å²) in [6.45, 7) is 1.89. The van der Waals surface area contributed by atoms with E-state index >= 15 is 0 Å². The van der Waals surface area contributed by atoms with Gasteiger partial charge in [0.25, 0.3) is 0 Å². The molecular weight excluding hydrogens is 186 g/mol. The van der Waals surface area contributed by atoms with Crippen LogP contribution in [0.1, 0.15) is 34.6 Å². The molecule has 0 N–H and O–H groups in total. The summed E-state index contributed by atoms with van der Waals surface area (Å²) in [5.41, 5.74) is 2.42. The molecule has 1 aliphatic rings. The SMILES string of the molecule is Cc1cc(Cl)c2c(n1)CCCC2=O. The minimum Gasteiger partial charge on any atom is -0.294 e. The lowest BCUT2D eigenvalue weighted by Gasteiger charge is -2.15. The molecule has 2 rings (SSSR count). The molecule has 0 radical (unpaired) electrons. The Labute approximate surface area is 81.9 Å². The van der Waals surface area contributed by atoms with Crippen LogP contribution in [0.4, 0.5) is 0 Å². The van der Waals surface area contributed by atoms with Crippen molar-refractivity contribution in [3.05, 3.63) is 28.0 Å². The summed E-state index contributed by atoms with van der Waals surface area (Å²) in [7, 11) is 0. The van der Waals surface area contributed by atoms with Crippen molar-refractivity contribution in [3.63, 3.8) is 0 Å². The van der Waals surface area contributed by atoms with E-state index in [1.54, 1.807) is 6.07 Å². The molecule has 0 saturated heterocycles. The number of rotatable bonds is 0. The van der Waals surface area contributed by atoms with Gasteiger partial charge in [-0.25, -0.2) is 0 Å². The summed E-state index contributed by atoms with van der Waals surface area (Å²) in [6.07, 6.45) is 2.39. The number of carbonyl (C=O) groups is 1. The van der Waals surface area contributed by atoms with Crippen molar-refractivity contribution in [3.8, 4) is 0 Å². The van der Waals surface area contributed by atoms with E-state index in [1.165, 1.54) is 0 Å². The zero-order valence-corrected chi connectivity index (χ0v) is 8.19. The Balaban J connectivity index is 2.63. The van der Waals surface area contributed by atoms with Gasteiger partial charge in [-0.05, 0) is 25.8 Å². The average molecular weight is 196 g/mol. The van der Waals surface area contributed by atoms with Crippen LogP contribution in [0.15, 0.2) is 6.07 Å². The number of hydrogen-bond donors (Lipinski definition) is 0. The third-order valence-electron chi connectivity index (χ3n) is 2.27. The Bertz CT molecular complexity index is 373. The van der Waals surface area contributed by atoms with Crippen molar-refractivity contribution in [1.82, 2.24) is 4.98 Å². The second-order valence-corrected chi connectivity index (χ2v) is 3.75. The van der Waals surface area contributed by atoms with Gasteiger partial charge >= 0.3 is 0 Å². The number of nitrogens with zero attached hydrogens (tertiary/aromatic N) is 1. The Morgan fingerprint density at radius 2 is 2.23 bits per heavy atom. The number of carbonyl (C=O) groups excluding carboxylic acids is 1. The molecule has 0 amide bonds. The summed E-state index contributed by atoms with van der Waals surface area (Å²) in [5.74, 6) is 0.138. The minimum absolute atomic E-state index is 0.138. The Morgan fingerprint density at radius 3 is 3.00 bits per heavy atom. The lowest BCUT2D eigenvalue weighted by Crippen LogP contribution is -2.13. The van der Waals surface area contributed by atoms with Gasteiger partial charge in [-0.15, -0.1) is 0 Å². The molecule has 0 bridgehead atoms. The van der Waals surface area contributed by atoms with Gasteiger partial charge in [0.05, 0.1) is 16.3 Å². The molecular formula is C10H10ClNO. The number of Topliss-reactive ketones (excluding diaryl/α,β-unsaturated/α-hetero) is 1. The topological polar surface area (TPSA) is 30.0 Å². The molecule has 13 heavy (non-hydrogen) atoms. The van der Waals surface area contributed by atoms with Crippen LogP contribution in [0.25, 0.3) is 0 Å². The van der Waals surface area contributed by atoms with Crippen LogP contribution in [0.3, 0.4) is 0 Å². The van der Waals surface area contributed by atoms with Crippen molar-refractivity contribution < 1.29 is 4.79 Å². The maximum Gasteiger partial charge on any atom is 0.166 e. The maximum atomic E-state index is 11.5. The molecule has 1 heterocycles. The van der Waals surface area contributed by atoms with Gasteiger partial charge in [0, 0.05) is 12.1 Å². The summed E-state index contributed by atoms with van der Waals surface area (Å²) >= 11 is 5.98. The Hall–Kier alpha value is -0.890. The fraction of sp³-hybridized carbons (Fsp3) is 0.400. The third-order valence-corrected chi connectivity index (χ3v) is 2.57. The average Bonchev–Trinajstić information content (AvgIpc) is 2.02. The predicted molar refractivity (Wildman–Crippen MR) is 51.3 cm³/mol. The van der Waals surface area contributed by atoms with E-state index in [-0.39, 0.29) is 5.78 Å². The van der Waals surface area contributed by atoms with Crippen molar-refractivity contribution in [1.29, 1.82) is 0 Å². The number of ketones is 1. The highest BCUT2D eigenvalue weighted by Gasteiger charge is 2.21. The quantitative estimate of drug-likeness (QED) is 0.637. The second-order valence-electron chi connectivity index (χ2n) is 3.34. The lowest BCUT2D eigenvalue weighted by atomic mass is 9.94. The predicted octanol–water partition coefficient (Wildman–Crippen LogP) is 2.56. The molecule has 0 aromatic carbocycles. The number of hydrogen-bond acceptors (Lipinski definition) is 2. The van der Waals surface area contributed by atoms with Crippen LogP contribution in [0, 0.1) is 6.92 Å². The van der Waals surface area contributed by atoms with E-state index in [4.69, 9.17) is 11.6 Å². The van der Waals surface area contributed by atoms with Crippen LogP contribution in [-0.4, -0.2) is 10.8 Å². The molecule has 68 valence electrons. The first-order chi connectivity index (χ1) is 6.18. The molecule has 2 nitrogen and oxygen atoms in total. The van der Waals surface area contributed by atoms with E-state index in [0.29, 0.717) is 17.0 Å². The largest absolute Gasteiger partial charge is 0.294 e. The van der Waals surface area contributed by atoms with Gasteiger partial charge in [-0.1, -0.05) is 11.6 Å². The molecule has 0 fully saturated rings. The second kappa shape index (κ2) is 3.11. The smallest absolute Gasteiger partial charge is 0.166 e. The number of aromatic nitrogens is 1. The highest BCUT2D eigenvalue weighted by atomic mass is 35.5. The van der Waals surface area contributed by atoms with Crippen molar-refractivity contribution in [2.24, 2.45) is 0 Å². The van der Waals surface area contributed by atoms with Crippen LogP contribution in [-0.2, 0) is 6.42 Å². The molecule has 0 unspecified atom stereocenters. The summed E-state index contributed by atoms with van der Waals surface area (Å²) in [4.78, 5) is 15.8. The lowest BCUT2D eigenvalue weighted by molar-refractivity contribution is 0.0971. The summed E-state index contributed by atoms with van der Waals surface area (Å²) < 4.78 is 0. The molecule has 1 aromatic heterocycles. The van der Waals surface area contributed by atoms with Gasteiger partial charge in [0.1, 0.15) is 0 Å². The van der Waals surface area contributed by atoms with E-state index in [1.807, 2.05) is 6.92 Å². The summed E-state index contributed by atoms with van der Waals surface area (Å²) in [6, 6.07) is 1.75. The van der Waals surface area contributed by atoms with E-state index in [2.05, 4.69) is 4.98 Å². The molecule has 0 atom stereocenters. The monoisotopic (exact) mass is 195 g/mol. The highest BCUT2D eigenvalue weighted by molar-refractivity contribution is 6.34. The molecule has 1 aliphatic carbocycles. The molecule has 3 heteroatoms. The Kier molecular flexibility index (Phi) is 2.08. The number of fused-ring (bicyclic) bond motifs is 1. The van der Waals surface area contributed by atoms with Gasteiger partial charge in [0.2, 0.25) is 0 Å². The van der Waals surface area contributed by atoms with Crippen LogP contribution in [0.5, 0.6) is 0 Å². The highest BCUT2D eigenvalue weighted by Crippen LogP contribution is 2.26. The molecule has 0 aliphatic heterocycles. The number of aryl methyl sites for hydroxylation is 2. The normalized spacial score (nSPS) is 15.7. The number of halogens is 1. The van der Waals surface area contributed by atoms with Crippen LogP contribution >= 0.6 is 11.6 Å². The molecule has 0 saturated carbocycles. The molecule has 1 aromatic rings. The minimum atomic E-state index is 0.138. The first-order valence-electron chi connectivity index (χ1n) is 4.37. The van der Waals surface area contributed by atoms with E-state index < -0.39 is 0 Å². The third kappa shape index (κ3) is 1.46. The van der Waals surface area contributed by atoms with Crippen molar-refractivity contribution >= 4 is 17.4 Å². The maximum absolute atomic E-state index is 11.5. The van der Waals surface area contributed by atoms with Crippen LogP contribution < -0.4 is 0 Å². The standard InChI is InChI=1S/C10H10ClNO/c1-6-5-7(11)10-8(12-6)3-2-4-9(10)13/h5H,2-4H2,1H3. The zero-order valence-electron chi connectivity index (χ0n) is 7.43. The molecule has 0 spiro atoms. The fourth-order valence-electron chi connectivity index (χ4n) is 1.71. The number of pyridine rings is 1. The van der Waals surface area contributed by atoms with Gasteiger partial charge in [0.15, 0.2) is 5.78 Å². The summed E-state index contributed by atoms with van der Waals surface area (Å²) in [5, 5.41) is 0.562. The van der Waals surface area contributed by atoms with Crippen molar-refractivity contribution in [2.75, 3.05) is 0 Å². The van der Waals surface area contributed by atoms with Gasteiger partial charge < -0.3 is 0 Å².